The van der Waals surface area contributed by atoms with Crippen molar-refractivity contribution in [2.45, 2.75) is 46.1 Å². The molecule has 1 aromatic rings. The molecule has 146 valence electrons. The first kappa shape index (κ1) is 19.4. The molecule has 2 aliphatic rings. The molecule has 1 amide bonds. The summed E-state index contributed by atoms with van der Waals surface area (Å²) >= 11 is 0. The molecule has 0 saturated carbocycles. The Bertz CT molecular complexity index is 718. The third-order valence-electron chi connectivity index (χ3n) is 5.49. The fraction of sp³-hybridized carbons (Fsp3) is 0.722. The summed E-state index contributed by atoms with van der Waals surface area (Å²) < 4.78 is 30.7. The van der Waals surface area contributed by atoms with Crippen LogP contribution in [0, 0.1) is 13.8 Å². The van der Waals surface area contributed by atoms with Crippen molar-refractivity contribution in [2.24, 2.45) is 0 Å². The van der Waals surface area contributed by atoms with Gasteiger partial charge >= 0.3 is 0 Å². The first-order valence-corrected chi connectivity index (χ1v) is 10.9. The Kier molecular flexibility index (Phi) is 6.04. The number of hydrogen-bond acceptors (Lipinski definition) is 3. The highest BCUT2D eigenvalue weighted by Gasteiger charge is 2.33. The molecule has 1 aromatic heterocycles. The molecular weight excluding hydrogens is 352 g/mol. The minimum Gasteiger partial charge on any atom is -0.349 e. The van der Waals surface area contributed by atoms with Gasteiger partial charge < -0.3 is 9.47 Å². The van der Waals surface area contributed by atoms with Crippen LogP contribution in [0.3, 0.4) is 0 Å². The van der Waals surface area contributed by atoms with Gasteiger partial charge in [0, 0.05) is 63.6 Å². The van der Waals surface area contributed by atoms with Crippen LogP contribution in [0.4, 0.5) is 0 Å². The van der Waals surface area contributed by atoms with Crippen LogP contribution in [0.2, 0.25) is 0 Å². The largest absolute Gasteiger partial charge is 0.349 e. The van der Waals surface area contributed by atoms with Crippen molar-refractivity contribution in [3.05, 3.63) is 23.5 Å². The maximum Gasteiger partial charge on any atom is 0.282 e. The molecule has 0 aliphatic carbocycles. The Labute approximate surface area is 156 Å². The standard InChI is InChI=1S/C18H30N4O3S/c1-16-6-7-17(2)22(16)13-8-18(23)19-9-5-12-21(15-14-19)26(24,25)20-10-3-4-11-20/h6-7H,3-5,8-15H2,1-2H3. The number of carbonyl (C=O) groups is 1. The van der Waals surface area contributed by atoms with Crippen LogP contribution in [-0.2, 0) is 21.5 Å². The molecular formula is C18H30N4O3S. The van der Waals surface area contributed by atoms with E-state index in [0.717, 1.165) is 24.2 Å². The molecule has 26 heavy (non-hydrogen) atoms. The van der Waals surface area contributed by atoms with Crippen LogP contribution in [-0.4, -0.2) is 71.7 Å². The zero-order chi connectivity index (χ0) is 18.7. The molecule has 8 heteroatoms. The predicted molar refractivity (Wildman–Crippen MR) is 101 cm³/mol. The second-order valence-corrected chi connectivity index (χ2v) is 9.19. The maximum atomic E-state index is 12.7. The van der Waals surface area contributed by atoms with E-state index in [4.69, 9.17) is 0 Å². The average molecular weight is 383 g/mol. The number of aryl methyl sites for hydroxylation is 2. The Balaban J connectivity index is 1.55. The number of rotatable bonds is 5. The third kappa shape index (κ3) is 4.13. The molecule has 0 spiro atoms. The zero-order valence-electron chi connectivity index (χ0n) is 15.9. The first-order chi connectivity index (χ1) is 12.4. The molecule has 2 saturated heterocycles. The highest BCUT2D eigenvalue weighted by molar-refractivity contribution is 7.86. The Morgan fingerprint density at radius 2 is 1.46 bits per heavy atom. The normalized spacial score (nSPS) is 20.5. The van der Waals surface area contributed by atoms with Gasteiger partial charge in [0.05, 0.1) is 0 Å². The predicted octanol–water partition coefficient (Wildman–Crippen LogP) is 1.37. The highest BCUT2D eigenvalue weighted by Crippen LogP contribution is 2.18. The summed E-state index contributed by atoms with van der Waals surface area (Å²) in [6.07, 6.45) is 3.03. The summed E-state index contributed by atoms with van der Waals surface area (Å²) in [6.45, 7) is 8.02. The molecule has 2 fully saturated rings. The van der Waals surface area contributed by atoms with Crippen LogP contribution in [0.15, 0.2) is 12.1 Å². The molecule has 0 radical (unpaired) electrons. The first-order valence-electron chi connectivity index (χ1n) is 9.55. The summed E-state index contributed by atoms with van der Waals surface area (Å²) in [4.78, 5) is 14.4. The van der Waals surface area contributed by atoms with E-state index >= 15 is 0 Å². The Hall–Kier alpha value is -1.38. The van der Waals surface area contributed by atoms with E-state index in [-0.39, 0.29) is 5.91 Å². The lowest BCUT2D eigenvalue weighted by molar-refractivity contribution is -0.131. The van der Waals surface area contributed by atoms with Gasteiger partial charge in [-0.15, -0.1) is 0 Å². The lowest BCUT2D eigenvalue weighted by Crippen LogP contribution is -2.44. The van der Waals surface area contributed by atoms with Crippen LogP contribution >= 0.6 is 0 Å². The second kappa shape index (κ2) is 8.10. The minimum absolute atomic E-state index is 0.109. The monoisotopic (exact) mass is 382 g/mol. The molecule has 3 heterocycles. The number of nitrogens with zero attached hydrogens (tertiary/aromatic N) is 4. The molecule has 0 unspecified atom stereocenters. The number of carbonyl (C=O) groups excluding carboxylic acids is 1. The van der Waals surface area contributed by atoms with Crippen molar-refractivity contribution in [3.63, 3.8) is 0 Å². The lowest BCUT2D eigenvalue weighted by atomic mass is 10.3. The SMILES string of the molecule is Cc1ccc(C)n1CCC(=O)N1CCCN(S(=O)(=O)N2CCCC2)CC1. The van der Waals surface area contributed by atoms with E-state index in [1.54, 1.807) is 8.61 Å². The van der Waals surface area contributed by atoms with Gasteiger partial charge in [-0.3, -0.25) is 4.79 Å². The third-order valence-corrected chi connectivity index (χ3v) is 7.53. The fourth-order valence-electron chi connectivity index (χ4n) is 3.87. The Morgan fingerprint density at radius 1 is 0.885 bits per heavy atom. The van der Waals surface area contributed by atoms with Gasteiger partial charge in [0.25, 0.3) is 10.2 Å². The summed E-state index contributed by atoms with van der Waals surface area (Å²) in [7, 11) is -3.37. The maximum absolute atomic E-state index is 12.7. The summed E-state index contributed by atoms with van der Waals surface area (Å²) in [5.41, 5.74) is 2.32. The van der Waals surface area contributed by atoms with Gasteiger partial charge in [-0.05, 0) is 45.2 Å². The number of amides is 1. The van der Waals surface area contributed by atoms with Crippen LogP contribution in [0.1, 0.15) is 37.1 Å². The van der Waals surface area contributed by atoms with Crippen molar-refractivity contribution in [3.8, 4) is 0 Å². The van der Waals surface area contributed by atoms with Gasteiger partial charge in [0.1, 0.15) is 0 Å². The summed E-state index contributed by atoms with van der Waals surface area (Å²) in [5, 5.41) is 0. The van der Waals surface area contributed by atoms with Gasteiger partial charge in [-0.2, -0.15) is 17.0 Å². The molecule has 3 rings (SSSR count). The number of aromatic nitrogens is 1. The number of hydrogen-bond donors (Lipinski definition) is 0. The average Bonchev–Trinajstić information content (AvgIpc) is 3.17. The summed E-state index contributed by atoms with van der Waals surface area (Å²) in [6, 6.07) is 4.12. The highest BCUT2D eigenvalue weighted by atomic mass is 32.2. The van der Waals surface area contributed by atoms with E-state index in [0.29, 0.717) is 58.7 Å². The van der Waals surface area contributed by atoms with E-state index in [9.17, 15) is 13.2 Å². The van der Waals surface area contributed by atoms with Gasteiger partial charge in [-0.1, -0.05) is 0 Å². The minimum atomic E-state index is -3.37. The molecule has 2 aliphatic heterocycles. The van der Waals surface area contributed by atoms with Crippen molar-refractivity contribution >= 4 is 16.1 Å². The Morgan fingerprint density at radius 3 is 2.12 bits per heavy atom. The molecule has 0 bridgehead atoms. The van der Waals surface area contributed by atoms with E-state index in [1.807, 2.05) is 18.7 Å². The van der Waals surface area contributed by atoms with Gasteiger partial charge in [0.15, 0.2) is 0 Å². The molecule has 0 N–H and O–H groups in total. The smallest absolute Gasteiger partial charge is 0.282 e. The fourth-order valence-corrected chi connectivity index (χ4v) is 5.59. The van der Waals surface area contributed by atoms with Crippen molar-refractivity contribution < 1.29 is 13.2 Å². The molecule has 7 nitrogen and oxygen atoms in total. The zero-order valence-corrected chi connectivity index (χ0v) is 16.7. The second-order valence-electron chi connectivity index (χ2n) is 7.27. The van der Waals surface area contributed by atoms with Gasteiger partial charge in [-0.25, -0.2) is 0 Å². The lowest BCUT2D eigenvalue weighted by Gasteiger charge is -2.26. The van der Waals surface area contributed by atoms with Crippen molar-refractivity contribution in [1.82, 2.24) is 18.1 Å². The molecule has 0 atom stereocenters. The van der Waals surface area contributed by atoms with Crippen LogP contribution < -0.4 is 0 Å². The van der Waals surface area contributed by atoms with Crippen LogP contribution in [0.5, 0.6) is 0 Å². The quantitative estimate of drug-likeness (QED) is 0.773. The van der Waals surface area contributed by atoms with Gasteiger partial charge in [0.2, 0.25) is 5.91 Å². The van der Waals surface area contributed by atoms with E-state index in [2.05, 4.69) is 16.7 Å². The van der Waals surface area contributed by atoms with Crippen LogP contribution in [0.25, 0.3) is 0 Å². The van der Waals surface area contributed by atoms with E-state index in [1.165, 1.54) is 0 Å². The van der Waals surface area contributed by atoms with Crippen molar-refractivity contribution in [2.75, 3.05) is 39.3 Å². The molecule has 0 aromatic carbocycles. The van der Waals surface area contributed by atoms with E-state index < -0.39 is 10.2 Å². The summed E-state index contributed by atoms with van der Waals surface area (Å²) in [5.74, 6) is 0.109. The topological polar surface area (TPSA) is 65.9 Å². The van der Waals surface area contributed by atoms with Crippen molar-refractivity contribution in [1.29, 1.82) is 0 Å².